The smallest absolute Gasteiger partial charge is 0.143 e. The van der Waals surface area contributed by atoms with Crippen molar-refractivity contribution < 1.29 is 4.74 Å². The third-order valence-electron chi connectivity index (χ3n) is 3.78. The quantitative estimate of drug-likeness (QED) is 0.866. The second-order valence-electron chi connectivity index (χ2n) is 5.45. The Labute approximate surface area is 121 Å². The Morgan fingerprint density at radius 2 is 2.35 bits per heavy atom. The molecule has 2 rings (SSSR count). The van der Waals surface area contributed by atoms with E-state index in [4.69, 9.17) is 10.00 Å². The first-order chi connectivity index (χ1) is 9.72. The monoisotopic (exact) mass is 273 g/mol. The summed E-state index contributed by atoms with van der Waals surface area (Å²) in [5, 5.41) is 16.0. The van der Waals surface area contributed by atoms with E-state index in [-0.39, 0.29) is 0 Å². The molecule has 0 aromatic heterocycles. The Bertz CT molecular complexity index is 475. The minimum atomic E-state index is 0.368. The summed E-state index contributed by atoms with van der Waals surface area (Å²) in [4.78, 5) is 0. The van der Waals surface area contributed by atoms with Gasteiger partial charge in [-0.05, 0) is 44.9 Å². The molecule has 0 saturated carbocycles. The number of benzene rings is 1. The van der Waals surface area contributed by atoms with Crippen LogP contribution in [-0.2, 0) is 0 Å². The van der Waals surface area contributed by atoms with Crippen LogP contribution in [0.4, 0.5) is 5.69 Å². The molecule has 2 atom stereocenters. The lowest BCUT2D eigenvalue weighted by atomic mass is 9.98. The highest BCUT2D eigenvalue weighted by molar-refractivity contribution is 5.59. The van der Waals surface area contributed by atoms with Crippen LogP contribution in [-0.4, -0.2) is 25.7 Å². The maximum absolute atomic E-state index is 8.91. The molecule has 1 heterocycles. The minimum Gasteiger partial charge on any atom is -0.495 e. The summed E-state index contributed by atoms with van der Waals surface area (Å²) in [6.45, 7) is 3.32. The van der Waals surface area contributed by atoms with E-state index in [1.165, 1.54) is 19.3 Å². The van der Waals surface area contributed by atoms with Crippen molar-refractivity contribution in [3.05, 3.63) is 23.8 Å². The number of anilines is 1. The third-order valence-corrected chi connectivity index (χ3v) is 3.78. The summed E-state index contributed by atoms with van der Waals surface area (Å²) in [7, 11) is 1.63. The van der Waals surface area contributed by atoms with Gasteiger partial charge in [0.05, 0.1) is 24.4 Å². The van der Waals surface area contributed by atoms with Crippen LogP contribution in [0.1, 0.15) is 38.2 Å². The maximum atomic E-state index is 8.91. The van der Waals surface area contributed by atoms with Gasteiger partial charge in [0.25, 0.3) is 0 Å². The first-order valence-electron chi connectivity index (χ1n) is 7.31. The molecule has 4 nitrogen and oxygen atoms in total. The number of hydrogen-bond acceptors (Lipinski definition) is 4. The number of methoxy groups -OCH3 is 1. The topological polar surface area (TPSA) is 57.1 Å². The molecule has 1 aliphatic rings. The lowest BCUT2D eigenvalue weighted by Crippen LogP contribution is -2.37. The van der Waals surface area contributed by atoms with E-state index < -0.39 is 0 Å². The van der Waals surface area contributed by atoms with E-state index in [0.29, 0.717) is 17.6 Å². The van der Waals surface area contributed by atoms with Crippen molar-refractivity contribution in [2.45, 2.75) is 44.7 Å². The normalized spacial score (nSPS) is 19.9. The van der Waals surface area contributed by atoms with Crippen LogP contribution < -0.4 is 15.4 Å². The Morgan fingerprint density at radius 3 is 3.00 bits per heavy atom. The number of nitrogens with zero attached hydrogens (tertiary/aromatic N) is 1. The molecule has 1 aromatic rings. The summed E-state index contributed by atoms with van der Waals surface area (Å²) in [6.07, 6.45) is 4.98. The Balaban J connectivity index is 1.96. The van der Waals surface area contributed by atoms with E-state index >= 15 is 0 Å². The zero-order valence-electron chi connectivity index (χ0n) is 12.3. The van der Waals surface area contributed by atoms with Gasteiger partial charge < -0.3 is 15.4 Å². The van der Waals surface area contributed by atoms with Gasteiger partial charge in [-0.3, -0.25) is 0 Å². The van der Waals surface area contributed by atoms with Gasteiger partial charge in [-0.2, -0.15) is 5.26 Å². The number of nitrogens with one attached hydrogen (secondary N) is 2. The van der Waals surface area contributed by atoms with Gasteiger partial charge in [0.2, 0.25) is 0 Å². The van der Waals surface area contributed by atoms with E-state index in [0.717, 1.165) is 24.4 Å². The van der Waals surface area contributed by atoms with Gasteiger partial charge in [0.15, 0.2) is 0 Å². The predicted octanol–water partition coefficient (Wildman–Crippen LogP) is 2.90. The van der Waals surface area contributed by atoms with Crippen LogP contribution in [0.2, 0.25) is 0 Å². The molecule has 1 fully saturated rings. The van der Waals surface area contributed by atoms with Crippen LogP contribution in [0, 0.1) is 11.3 Å². The maximum Gasteiger partial charge on any atom is 0.143 e. The van der Waals surface area contributed by atoms with Gasteiger partial charge in [-0.15, -0.1) is 0 Å². The molecule has 1 aromatic carbocycles. The molecule has 20 heavy (non-hydrogen) atoms. The summed E-state index contributed by atoms with van der Waals surface area (Å²) in [5.41, 5.74) is 1.57. The van der Waals surface area contributed by atoms with E-state index in [1.54, 1.807) is 13.2 Å². The first-order valence-corrected chi connectivity index (χ1v) is 7.31. The van der Waals surface area contributed by atoms with Gasteiger partial charge in [0.1, 0.15) is 5.75 Å². The summed E-state index contributed by atoms with van der Waals surface area (Å²) in [5.74, 6) is 0.729. The SMILES string of the molecule is COc1cc(C#N)ccc1NC(C)CC1CCCCN1. The largest absolute Gasteiger partial charge is 0.495 e. The highest BCUT2D eigenvalue weighted by Gasteiger charge is 2.16. The molecule has 4 heteroatoms. The molecule has 2 unspecified atom stereocenters. The lowest BCUT2D eigenvalue weighted by molar-refractivity contribution is 0.370. The van der Waals surface area contributed by atoms with Gasteiger partial charge >= 0.3 is 0 Å². The van der Waals surface area contributed by atoms with Crippen molar-refractivity contribution in [1.29, 1.82) is 5.26 Å². The summed E-state index contributed by atoms with van der Waals surface area (Å²) >= 11 is 0. The average Bonchev–Trinajstić information content (AvgIpc) is 2.48. The predicted molar refractivity (Wildman–Crippen MR) is 81.1 cm³/mol. The molecule has 1 aliphatic heterocycles. The molecule has 0 bridgehead atoms. The molecule has 108 valence electrons. The highest BCUT2D eigenvalue weighted by atomic mass is 16.5. The minimum absolute atomic E-state index is 0.368. The second-order valence-corrected chi connectivity index (χ2v) is 5.45. The molecular weight excluding hydrogens is 250 g/mol. The zero-order valence-corrected chi connectivity index (χ0v) is 12.3. The third kappa shape index (κ3) is 3.88. The fraction of sp³-hybridized carbons (Fsp3) is 0.562. The van der Waals surface area contributed by atoms with Gasteiger partial charge in [-0.25, -0.2) is 0 Å². The Kier molecular flexibility index (Phi) is 5.25. The standard InChI is InChI=1S/C16H23N3O/c1-12(9-14-5-3-4-8-18-14)19-15-7-6-13(11-17)10-16(15)20-2/h6-7,10,12,14,18-19H,3-5,8-9H2,1-2H3. The number of hydrogen-bond donors (Lipinski definition) is 2. The van der Waals surface area contributed by atoms with Crippen molar-refractivity contribution in [3.8, 4) is 11.8 Å². The second kappa shape index (κ2) is 7.16. The van der Waals surface area contributed by atoms with Crippen molar-refractivity contribution in [2.75, 3.05) is 19.0 Å². The van der Waals surface area contributed by atoms with E-state index in [2.05, 4.69) is 23.6 Å². The fourth-order valence-electron chi connectivity index (χ4n) is 2.76. The van der Waals surface area contributed by atoms with E-state index in [9.17, 15) is 0 Å². The number of nitriles is 1. The summed E-state index contributed by atoms with van der Waals surface area (Å²) < 4.78 is 5.35. The van der Waals surface area contributed by atoms with E-state index in [1.807, 2.05) is 12.1 Å². The molecule has 0 radical (unpaired) electrons. The van der Waals surface area contributed by atoms with Crippen molar-refractivity contribution in [2.24, 2.45) is 0 Å². The zero-order chi connectivity index (χ0) is 14.4. The van der Waals surface area contributed by atoms with Gasteiger partial charge in [-0.1, -0.05) is 6.42 Å². The molecule has 0 spiro atoms. The Hall–Kier alpha value is -1.73. The molecule has 0 amide bonds. The summed E-state index contributed by atoms with van der Waals surface area (Å²) in [6, 6.07) is 8.61. The van der Waals surface area contributed by atoms with Crippen LogP contribution in [0.25, 0.3) is 0 Å². The highest BCUT2D eigenvalue weighted by Crippen LogP contribution is 2.26. The first kappa shape index (κ1) is 14.7. The molecule has 0 aliphatic carbocycles. The Morgan fingerprint density at radius 1 is 1.50 bits per heavy atom. The van der Waals surface area contributed by atoms with Crippen LogP contribution in [0.3, 0.4) is 0 Å². The number of rotatable bonds is 5. The molecular formula is C16H23N3O. The van der Waals surface area contributed by atoms with Crippen LogP contribution in [0.15, 0.2) is 18.2 Å². The lowest BCUT2D eigenvalue weighted by Gasteiger charge is -2.27. The number of piperidine rings is 1. The number of ether oxygens (including phenoxy) is 1. The van der Waals surface area contributed by atoms with Gasteiger partial charge in [0, 0.05) is 18.2 Å². The fourth-order valence-corrected chi connectivity index (χ4v) is 2.76. The van der Waals surface area contributed by atoms with Crippen molar-refractivity contribution in [3.63, 3.8) is 0 Å². The van der Waals surface area contributed by atoms with Crippen LogP contribution in [0.5, 0.6) is 5.75 Å². The van der Waals surface area contributed by atoms with Crippen LogP contribution >= 0.6 is 0 Å². The molecule has 1 saturated heterocycles. The molecule has 2 N–H and O–H groups in total. The van der Waals surface area contributed by atoms with Crippen molar-refractivity contribution >= 4 is 5.69 Å². The average molecular weight is 273 g/mol. The van der Waals surface area contributed by atoms with Crippen molar-refractivity contribution in [1.82, 2.24) is 5.32 Å².